The number of phenols is 4. The van der Waals surface area contributed by atoms with E-state index in [0.29, 0.717) is 0 Å². The summed E-state index contributed by atoms with van der Waals surface area (Å²) in [4.78, 5) is 12.4. The number of ketones is 1. The van der Waals surface area contributed by atoms with E-state index in [4.69, 9.17) is 4.74 Å². The molecule has 0 unspecified atom stereocenters. The lowest BCUT2D eigenvalue weighted by molar-refractivity contribution is -0.151. The van der Waals surface area contributed by atoms with Crippen molar-refractivity contribution in [3.63, 3.8) is 0 Å². The maximum atomic E-state index is 12.4. The summed E-state index contributed by atoms with van der Waals surface area (Å²) >= 11 is 0. The Balaban J connectivity index is 2.16. The van der Waals surface area contributed by atoms with Crippen molar-refractivity contribution in [2.24, 2.45) is 0 Å². The summed E-state index contributed by atoms with van der Waals surface area (Å²) in [5.41, 5.74) is -1.49. The van der Waals surface area contributed by atoms with Crippen LogP contribution >= 0.6 is 0 Å². The Hall–Kier alpha value is -2.93. The number of ether oxygens (including phenoxy) is 1. The van der Waals surface area contributed by atoms with Gasteiger partial charge in [-0.2, -0.15) is 0 Å². The van der Waals surface area contributed by atoms with Crippen LogP contribution in [0, 0.1) is 0 Å². The molecule has 1 aliphatic heterocycles. The Bertz CT molecular complexity index is 846. The van der Waals surface area contributed by atoms with Crippen molar-refractivity contribution < 1.29 is 35.1 Å². The van der Waals surface area contributed by atoms with Gasteiger partial charge in [-0.15, -0.1) is 0 Å². The zero-order valence-corrected chi connectivity index (χ0v) is 13.4. The molecular weight excluding hydrogens is 328 g/mol. The van der Waals surface area contributed by atoms with Crippen molar-refractivity contribution in [1.82, 2.24) is 0 Å². The molecule has 0 radical (unpaired) electrons. The van der Waals surface area contributed by atoms with E-state index in [1.807, 2.05) is 0 Å². The lowest BCUT2D eigenvalue weighted by Crippen LogP contribution is -2.50. The van der Waals surface area contributed by atoms with Gasteiger partial charge in [-0.3, -0.25) is 4.79 Å². The van der Waals surface area contributed by atoms with E-state index in [0.717, 1.165) is 6.07 Å². The molecule has 2 atom stereocenters. The number of carbonyl (C=O) groups excluding carboxylic acids is 1. The number of aliphatic hydroxyl groups is 1. The number of carbonyl (C=O) groups is 1. The third-order valence-corrected chi connectivity index (χ3v) is 4.40. The highest BCUT2D eigenvalue weighted by molar-refractivity contribution is 5.89. The van der Waals surface area contributed by atoms with Gasteiger partial charge in [0.2, 0.25) is 0 Å². The Labute approximate surface area is 143 Å². The summed E-state index contributed by atoms with van der Waals surface area (Å²) in [5, 5.41) is 49.9. The minimum atomic E-state index is -1.97. The smallest absolute Gasteiger partial charge is 0.168 e. The summed E-state index contributed by atoms with van der Waals surface area (Å²) in [5.74, 6) is -1.65. The second kappa shape index (κ2) is 5.86. The molecule has 132 valence electrons. The molecule has 0 bridgehead atoms. The lowest BCUT2D eigenvalue weighted by atomic mass is 9.78. The van der Waals surface area contributed by atoms with Crippen LogP contribution in [0.15, 0.2) is 30.3 Å². The highest BCUT2D eigenvalue weighted by Crippen LogP contribution is 2.47. The first-order valence-electron chi connectivity index (χ1n) is 7.75. The van der Waals surface area contributed by atoms with Gasteiger partial charge in [0.1, 0.15) is 17.2 Å². The van der Waals surface area contributed by atoms with Gasteiger partial charge >= 0.3 is 0 Å². The maximum Gasteiger partial charge on any atom is 0.168 e. The monoisotopic (exact) mass is 346 g/mol. The van der Waals surface area contributed by atoms with Crippen molar-refractivity contribution in [3.05, 3.63) is 41.5 Å². The van der Waals surface area contributed by atoms with E-state index in [9.17, 15) is 30.3 Å². The molecule has 0 saturated heterocycles. The minimum Gasteiger partial charge on any atom is -0.508 e. The van der Waals surface area contributed by atoms with Crippen LogP contribution in [-0.2, 0) is 11.2 Å². The molecule has 5 N–H and O–H groups in total. The van der Waals surface area contributed by atoms with Gasteiger partial charge < -0.3 is 30.3 Å². The zero-order valence-electron chi connectivity index (χ0n) is 13.4. The zero-order chi connectivity index (χ0) is 18.4. The fourth-order valence-electron chi connectivity index (χ4n) is 3.08. The van der Waals surface area contributed by atoms with E-state index >= 15 is 0 Å². The molecule has 25 heavy (non-hydrogen) atoms. The molecule has 0 fully saturated rings. The first-order valence-corrected chi connectivity index (χ1v) is 7.75. The van der Waals surface area contributed by atoms with Gasteiger partial charge in [-0.05, 0) is 17.7 Å². The normalized spacial score (nSPS) is 22.1. The predicted octanol–water partition coefficient (Wildman–Crippen LogP) is 1.90. The van der Waals surface area contributed by atoms with Gasteiger partial charge in [0.15, 0.2) is 29.0 Å². The third-order valence-electron chi connectivity index (χ3n) is 4.40. The summed E-state index contributed by atoms with van der Waals surface area (Å²) < 4.78 is 5.73. The molecule has 2 aromatic carbocycles. The number of rotatable bonds is 3. The first-order chi connectivity index (χ1) is 11.8. The molecule has 3 rings (SSSR count). The van der Waals surface area contributed by atoms with Crippen molar-refractivity contribution in [2.45, 2.75) is 31.5 Å². The molecular formula is C18H18O7. The van der Waals surface area contributed by atoms with E-state index < -0.39 is 23.2 Å². The highest BCUT2D eigenvalue weighted by Gasteiger charge is 2.49. The topological polar surface area (TPSA) is 127 Å². The number of fused-ring (bicyclic) bond motifs is 1. The summed E-state index contributed by atoms with van der Waals surface area (Å²) in [6.07, 6.45) is -1.36. The van der Waals surface area contributed by atoms with Crippen molar-refractivity contribution >= 4 is 5.78 Å². The van der Waals surface area contributed by atoms with Crippen LogP contribution in [0.3, 0.4) is 0 Å². The molecule has 0 saturated carbocycles. The van der Waals surface area contributed by atoms with Gasteiger partial charge in [0.25, 0.3) is 0 Å². The van der Waals surface area contributed by atoms with Crippen LogP contribution in [0.5, 0.6) is 28.7 Å². The number of phenolic OH excluding ortho intramolecular Hbond substituents is 4. The van der Waals surface area contributed by atoms with E-state index in [2.05, 4.69) is 0 Å². The predicted molar refractivity (Wildman–Crippen MR) is 86.9 cm³/mol. The van der Waals surface area contributed by atoms with Crippen LogP contribution in [0.25, 0.3) is 0 Å². The maximum absolute atomic E-state index is 12.4. The molecule has 0 amide bonds. The van der Waals surface area contributed by atoms with Crippen LogP contribution < -0.4 is 4.74 Å². The van der Waals surface area contributed by atoms with E-state index in [1.54, 1.807) is 6.92 Å². The highest BCUT2D eigenvalue weighted by atomic mass is 16.5. The summed E-state index contributed by atoms with van der Waals surface area (Å²) in [7, 11) is 0. The van der Waals surface area contributed by atoms with Gasteiger partial charge in [0.05, 0.1) is 0 Å². The Morgan fingerprint density at radius 1 is 1.12 bits per heavy atom. The summed E-state index contributed by atoms with van der Waals surface area (Å²) in [6, 6.07) is 6.22. The molecule has 1 aliphatic rings. The molecule has 1 heterocycles. The quantitative estimate of drug-likeness (QED) is 0.537. The third kappa shape index (κ3) is 2.72. The van der Waals surface area contributed by atoms with Gasteiger partial charge in [-0.25, -0.2) is 0 Å². The number of hydrogen-bond acceptors (Lipinski definition) is 7. The Morgan fingerprint density at radius 3 is 2.48 bits per heavy atom. The van der Waals surface area contributed by atoms with Gasteiger partial charge in [-0.1, -0.05) is 13.0 Å². The number of hydrogen-bond donors (Lipinski definition) is 5. The Kier molecular flexibility index (Phi) is 3.96. The molecule has 2 aromatic rings. The first kappa shape index (κ1) is 16.9. The Morgan fingerprint density at radius 2 is 1.84 bits per heavy atom. The van der Waals surface area contributed by atoms with Crippen molar-refractivity contribution in [1.29, 1.82) is 0 Å². The molecule has 7 nitrogen and oxygen atoms in total. The fraction of sp³-hybridized carbons (Fsp3) is 0.278. The van der Waals surface area contributed by atoms with Crippen LogP contribution in [0.2, 0.25) is 0 Å². The second-order valence-electron chi connectivity index (χ2n) is 6.07. The van der Waals surface area contributed by atoms with E-state index in [-0.39, 0.29) is 47.0 Å². The fourth-order valence-corrected chi connectivity index (χ4v) is 3.08. The van der Waals surface area contributed by atoms with Crippen LogP contribution in [-0.4, -0.2) is 36.9 Å². The standard InChI is InChI=1S/C18H18O7/c1-2-16(23)18(24)8-11-13(21)6-10(19)7-15(11)25-17(18)9-3-4-12(20)14(22)5-9/h3-7,17,19-22,24H,2,8H2,1H3/t17-,18-/m1/s1. The van der Waals surface area contributed by atoms with Crippen molar-refractivity contribution in [3.8, 4) is 28.7 Å². The number of Topliss-reactive ketones (excluding diaryl/α,β-unsaturated/α-hetero) is 1. The SMILES string of the molecule is CCC(=O)[C@]1(O)Cc2c(O)cc(O)cc2O[C@@H]1c1ccc(O)c(O)c1. The number of benzene rings is 2. The van der Waals surface area contributed by atoms with E-state index in [1.165, 1.54) is 24.3 Å². The van der Waals surface area contributed by atoms with Crippen LogP contribution in [0.4, 0.5) is 0 Å². The molecule has 0 aliphatic carbocycles. The average Bonchev–Trinajstić information content (AvgIpc) is 2.57. The van der Waals surface area contributed by atoms with Gasteiger partial charge in [0, 0.05) is 30.5 Å². The number of aromatic hydroxyl groups is 4. The average molecular weight is 346 g/mol. The second-order valence-corrected chi connectivity index (χ2v) is 6.07. The van der Waals surface area contributed by atoms with Crippen LogP contribution in [0.1, 0.15) is 30.6 Å². The minimum absolute atomic E-state index is 0.0363. The largest absolute Gasteiger partial charge is 0.508 e. The lowest BCUT2D eigenvalue weighted by Gasteiger charge is -2.40. The molecule has 0 aromatic heterocycles. The van der Waals surface area contributed by atoms with Crippen molar-refractivity contribution in [2.75, 3.05) is 0 Å². The molecule has 0 spiro atoms. The molecule has 7 heteroatoms. The summed E-state index contributed by atoms with van der Waals surface area (Å²) in [6.45, 7) is 1.60.